The Morgan fingerprint density at radius 1 is 1.29 bits per heavy atom. The monoisotopic (exact) mass is 288 g/mol. The lowest BCUT2D eigenvalue weighted by Gasteiger charge is -2.35. The number of anilines is 1. The number of carbonyl (C=O) groups excluding carboxylic acids is 1. The van der Waals surface area contributed by atoms with Crippen LogP contribution in [-0.4, -0.2) is 48.6 Å². The molecule has 1 heterocycles. The molecule has 21 heavy (non-hydrogen) atoms. The second-order valence-corrected chi connectivity index (χ2v) is 4.61. The predicted molar refractivity (Wildman–Crippen MR) is 79.1 cm³/mol. The number of nitrogens with one attached hydrogen (secondary N) is 1. The minimum atomic E-state index is -0.419. The molecule has 1 N–H and O–H groups in total. The molecule has 0 spiro atoms. The zero-order valence-corrected chi connectivity index (χ0v) is 11.5. The van der Waals surface area contributed by atoms with Gasteiger partial charge < -0.3 is 15.1 Å². The normalized spacial score (nSPS) is 14.4. The van der Waals surface area contributed by atoms with E-state index in [0.717, 1.165) is 5.69 Å². The molecule has 0 atom stereocenters. The first-order valence-electron chi connectivity index (χ1n) is 6.57. The summed E-state index contributed by atoms with van der Waals surface area (Å²) in [5, 5.41) is 13.3. The smallest absolute Gasteiger partial charge is 0.318 e. The van der Waals surface area contributed by atoms with Gasteiger partial charge in [0.05, 0.1) is 11.5 Å². The van der Waals surface area contributed by atoms with E-state index in [1.807, 2.05) is 0 Å². The number of nitrogens with zero attached hydrogens (tertiary/aromatic N) is 3. The molecule has 1 fully saturated rings. The van der Waals surface area contributed by atoms with Crippen LogP contribution < -0.4 is 10.2 Å². The van der Waals surface area contributed by atoms with Gasteiger partial charge in [0, 0.05) is 44.0 Å². The van der Waals surface area contributed by atoms with E-state index in [2.05, 4.69) is 16.1 Å². The molecule has 2 amide bonds. The first-order chi connectivity index (χ1) is 10.1. The number of urea groups is 1. The summed E-state index contributed by atoms with van der Waals surface area (Å²) in [4.78, 5) is 25.7. The highest BCUT2D eigenvalue weighted by atomic mass is 16.6. The summed E-state index contributed by atoms with van der Waals surface area (Å²) in [6, 6.07) is 6.28. The van der Waals surface area contributed by atoms with Gasteiger partial charge in [-0.3, -0.25) is 10.1 Å². The Hall–Kier alpha value is -2.75. The van der Waals surface area contributed by atoms with Gasteiger partial charge >= 0.3 is 6.03 Å². The Morgan fingerprint density at radius 2 is 1.90 bits per heavy atom. The van der Waals surface area contributed by atoms with E-state index in [-0.39, 0.29) is 18.3 Å². The fourth-order valence-electron chi connectivity index (χ4n) is 2.19. The van der Waals surface area contributed by atoms with Crippen LogP contribution in [0.1, 0.15) is 0 Å². The second-order valence-electron chi connectivity index (χ2n) is 4.61. The minimum Gasteiger partial charge on any atom is -0.368 e. The Bertz CT molecular complexity index is 557. The van der Waals surface area contributed by atoms with Crippen molar-refractivity contribution < 1.29 is 9.72 Å². The van der Waals surface area contributed by atoms with E-state index in [1.165, 1.54) is 12.1 Å². The quantitative estimate of drug-likeness (QED) is 0.512. The molecule has 0 aromatic heterocycles. The van der Waals surface area contributed by atoms with Crippen molar-refractivity contribution in [2.75, 3.05) is 37.6 Å². The van der Waals surface area contributed by atoms with Crippen molar-refractivity contribution in [3.8, 4) is 12.3 Å². The molecule has 0 aliphatic carbocycles. The Balaban J connectivity index is 1.90. The number of benzene rings is 1. The standard InChI is InChI=1S/C14H16N4O3/c1-2-7-15-14(19)17-10-8-16(9-11-17)12-3-5-13(6-4-12)18(20)21/h1,3-6H,7-11H2,(H,15,19). The van der Waals surface area contributed by atoms with Crippen molar-refractivity contribution in [2.24, 2.45) is 0 Å². The molecule has 0 saturated carbocycles. The van der Waals surface area contributed by atoms with E-state index < -0.39 is 4.92 Å². The van der Waals surface area contributed by atoms with Gasteiger partial charge in [-0.05, 0) is 12.1 Å². The first-order valence-corrected chi connectivity index (χ1v) is 6.57. The summed E-state index contributed by atoms with van der Waals surface area (Å²) >= 11 is 0. The van der Waals surface area contributed by atoms with Crippen molar-refractivity contribution in [2.45, 2.75) is 0 Å². The average Bonchev–Trinajstić information content (AvgIpc) is 2.53. The summed E-state index contributed by atoms with van der Waals surface area (Å²) in [7, 11) is 0. The SMILES string of the molecule is C#CCNC(=O)N1CCN(c2ccc([N+](=O)[O-])cc2)CC1. The number of nitro groups is 1. The van der Waals surface area contributed by atoms with Gasteiger partial charge in [-0.1, -0.05) is 5.92 Å². The van der Waals surface area contributed by atoms with Crippen LogP contribution in [0.3, 0.4) is 0 Å². The molecule has 1 aliphatic heterocycles. The maximum atomic E-state index is 11.7. The number of nitro benzene ring substituents is 1. The van der Waals surface area contributed by atoms with E-state index in [4.69, 9.17) is 6.42 Å². The summed E-state index contributed by atoms with van der Waals surface area (Å²) in [5.74, 6) is 2.36. The van der Waals surface area contributed by atoms with E-state index in [0.29, 0.717) is 26.2 Å². The van der Waals surface area contributed by atoms with Crippen LogP contribution in [0.15, 0.2) is 24.3 Å². The van der Waals surface area contributed by atoms with Gasteiger partial charge in [0.2, 0.25) is 0 Å². The highest BCUT2D eigenvalue weighted by Crippen LogP contribution is 2.20. The molecule has 110 valence electrons. The van der Waals surface area contributed by atoms with Gasteiger partial charge in [0.25, 0.3) is 5.69 Å². The molecule has 1 aromatic carbocycles. The lowest BCUT2D eigenvalue weighted by atomic mass is 10.2. The van der Waals surface area contributed by atoms with Gasteiger partial charge in [0.15, 0.2) is 0 Å². The third kappa shape index (κ3) is 3.63. The molecule has 0 radical (unpaired) electrons. The van der Waals surface area contributed by atoms with Crippen LogP contribution >= 0.6 is 0 Å². The maximum Gasteiger partial charge on any atom is 0.318 e. The van der Waals surface area contributed by atoms with Gasteiger partial charge in [-0.25, -0.2) is 4.79 Å². The lowest BCUT2D eigenvalue weighted by molar-refractivity contribution is -0.384. The second kappa shape index (κ2) is 6.61. The third-order valence-electron chi connectivity index (χ3n) is 3.33. The van der Waals surface area contributed by atoms with Crippen LogP contribution in [0.5, 0.6) is 0 Å². The molecule has 0 bridgehead atoms. The highest BCUT2D eigenvalue weighted by Gasteiger charge is 2.21. The summed E-state index contributed by atoms with van der Waals surface area (Å²) in [6.07, 6.45) is 5.10. The average molecular weight is 288 g/mol. The zero-order chi connectivity index (χ0) is 15.2. The molecule has 0 unspecified atom stereocenters. The van der Waals surface area contributed by atoms with Crippen LogP contribution in [0.25, 0.3) is 0 Å². The lowest BCUT2D eigenvalue weighted by Crippen LogP contribution is -2.51. The fraction of sp³-hybridized carbons (Fsp3) is 0.357. The molecule has 7 heteroatoms. The molecular formula is C14H16N4O3. The summed E-state index contributed by atoms with van der Waals surface area (Å²) < 4.78 is 0. The topological polar surface area (TPSA) is 78.7 Å². The maximum absolute atomic E-state index is 11.7. The Morgan fingerprint density at radius 3 is 2.43 bits per heavy atom. The van der Waals surface area contributed by atoms with E-state index >= 15 is 0 Å². The molecule has 7 nitrogen and oxygen atoms in total. The predicted octanol–water partition coefficient (Wildman–Crippen LogP) is 1.06. The van der Waals surface area contributed by atoms with Crippen molar-refractivity contribution in [3.05, 3.63) is 34.4 Å². The number of rotatable bonds is 3. The van der Waals surface area contributed by atoms with Gasteiger partial charge in [0.1, 0.15) is 0 Å². The van der Waals surface area contributed by atoms with E-state index in [9.17, 15) is 14.9 Å². The summed E-state index contributed by atoms with van der Waals surface area (Å²) in [6.45, 7) is 2.77. The number of hydrogen-bond acceptors (Lipinski definition) is 4. The molecular weight excluding hydrogens is 272 g/mol. The minimum absolute atomic E-state index is 0.0750. The van der Waals surface area contributed by atoms with Crippen molar-refractivity contribution in [3.63, 3.8) is 0 Å². The van der Waals surface area contributed by atoms with Crippen LogP contribution in [-0.2, 0) is 0 Å². The number of hydrogen-bond donors (Lipinski definition) is 1. The van der Waals surface area contributed by atoms with Crippen LogP contribution in [0, 0.1) is 22.5 Å². The molecule has 1 aliphatic rings. The number of carbonyl (C=O) groups is 1. The van der Waals surface area contributed by atoms with E-state index in [1.54, 1.807) is 17.0 Å². The van der Waals surface area contributed by atoms with Crippen molar-refractivity contribution in [1.29, 1.82) is 0 Å². The molecule has 1 saturated heterocycles. The Kier molecular flexibility index (Phi) is 4.61. The largest absolute Gasteiger partial charge is 0.368 e. The van der Waals surface area contributed by atoms with Crippen LogP contribution in [0.2, 0.25) is 0 Å². The van der Waals surface area contributed by atoms with Crippen LogP contribution in [0.4, 0.5) is 16.2 Å². The fourth-order valence-corrected chi connectivity index (χ4v) is 2.19. The number of terminal acetylenes is 1. The number of non-ortho nitro benzene ring substituents is 1. The summed E-state index contributed by atoms with van der Waals surface area (Å²) in [5.41, 5.74) is 0.996. The highest BCUT2D eigenvalue weighted by molar-refractivity contribution is 5.74. The van der Waals surface area contributed by atoms with Crippen molar-refractivity contribution >= 4 is 17.4 Å². The molecule has 1 aromatic rings. The zero-order valence-electron chi connectivity index (χ0n) is 11.5. The number of amides is 2. The third-order valence-corrected chi connectivity index (χ3v) is 3.33. The first kappa shape index (κ1) is 14.7. The van der Waals surface area contributed by atoms with Crippen molar-refractivity contribution in [1.82, 2.24) is 10.2 Å². The number of piperazine rings is 1. The molecule has 2 rings (SSSR count). The Labute approximate surface area is 122 Å². The van der Waals surface area contributed by atoms with Gasteiger partial charge in [-0.15, -0.1) is 6.42 Å². The van der Waals surface area contributed by atoms with Gasteiger partial charge in [-0.2, -0.15) is 0 Å².